The van der Waals surface area contributed by atoms with Crippen LogP contribution >= 0.6 is 0 Å². The fraction of sp³-hybridized carbons (Fsp3) is 0.263. The van der Waals surface area contributed by atoms with Crippen molar-refractivity contribution >= 4 is 12.4 Å². The Bertz CT molecular complexity index is 750. The van der Waals surface area contributed by atoms with Crippen LogP contribution in [0.1, 0.15) is 11.1 Å². The number of carbonyl (C=O) groups is 2. The number of phenols is 2. The first-order valence-electron chi connectivity index (χ1n) is 8.19. The van der Waals surface area contributed by atoms with E-state index < -0.39 is 6.09 Å². The summed E-state index contributed by atoms with van der Waals surface area (Å²) < 4.78 is 0. The van der Waals surface area contributed by atoms with Crippen LogP contribution in [0.15, 0.2) is 48.5 Å². The van der Waals surface area contributed by atoms with E-state index in [0.717, 1.165) is 6.29 Å². The largest absolute Gasteiger partial charge is 0.508 e. The normalized spacial score (nSPS) is 10.7. The monoisotopic (exact) mass is 358 g/mol. The molecule has 2 aromatic carbocycles. The van der Waals surface area contributed by atoms with Crippen LogP contribution in [-0.2, 0) is 17.9 Å². The topological polar surface area (TPSA) is 101 Å². The van der Waals surface area contributed by atoms with Gasteiger partial charge in [0.2, 0.25) is 0 Å². The average molecular weight is 358 g/mol. The maximum Gasteiger partial charge on any atom is 0.407 e. The van der Waals surface area contributed by atoms with Crippen LogP contribution in [-0.4, -0.2) is 57.1 Å². The summed E-state index contributed by atoms with van der Waals surface area (Å²) in [7, 11) is 0. The van der Waals surface area contributed by atoms with Crippen molar-refractivity contribution < 1.29 is 24.9 Å². The second-order valence-electron chi connectivity index (χ2n) is 5.86. The maximum atomic E-state index is 11.5. The third-order valence-electron chi connectivity index (χ3n) is 4.03. The maximum absolute atomic E-state index is 11.5. The molecule has 0 unspecified atom stereocenters. The zero-order chi connectivity index (χ0) is 18.9. The third-order valence-corrected chi connectivity index (χ3v) is 4.03. The molecule has 2 aromatic rings. The molecule has 0 spiro atoms. The van der Waals surface area contributed by atoms with Gasteiger partial charge in [0.05, 0.1) is 13.1 Å². The number of benzene rings is 2. The molecule has 0 radical (unpaired) electrons. The van der Waals surface area contributed by atoms with Gasteiger partial charge in [-0.2, -0.15) is 0 Å². The molecule has 0 fully saturated rings. The Kier molecular flexibility index (Phi) is 6.99. The van der Waals surface area contributed by atoms with E-state index in [1.54, 1.807) is 47.4 Å². The lowest BCUT2D eigenvalue weighted by Gasteiger charge is -2.25. The first-order valence-corrected chi connectivity index (χ1v) is 8.19. The second-order valence-corrected chi connectivity index (χ2v) is 5.86. The summed E-state index contributed by atoms with van der Waals surface area (Å²) in [4.78, 5) is 25.4. The number of amides is 1. The van der Waals surface area contributed by atoms with Gasteiger partial charge in [-0.05, 0) is 12.1 Å². The van der Waals surface area contributed by atoms with Crippen LogP contribution in [0.2, 0.25) is 0 Å². The van der Waals surface area contributed by atoms with Gasteiger partial charge in [0.25, 0.3) is 0 Å². The zero-order valence-corrected chi connectivity index (χ0v) is 14.3. The highest BCUT2D eigenvalue weighted by Gasteiger charge is 2.16. The van der Waals surface area contributed by atoms with E-state index in [4.69, 9.17) is 0 Å². The number of hydrogen-bond acceptors (Lipinski definition) is 5. The summed E-state index contributed by atoms with van der Waals surface area (Å²) >= 11 is 0. The number of phenolic OH excluding ortho intramolecular Hbond substituents is 2. The number of carbonyl (C=O) groups excluding carboxylic acids is 1. The molecule has 0 saturated heterocycles. The fourth-order valence-corrected chi connectivity index (χ4v) is 2.58. The molecule has 0 aromatic heterocycles. The number of para-hydroxylation sites is 2. The van der Waals surface area contributed by atoms with E-state index in [9.17, 15) is 24.9 Å². The van der Waals surface area contributed by atoms with Crippen LogP contribution in [0, 0.1) is 0 Å². The second kappa shape index (κ2) is 9.43. The lowest BCUT2D eigenvalue weighted by Crippen LogP contribution is -2.38. The van der Waals surface area contributed by atoms with Gasteiger partial charge in [-0.1, -0.05) is 36.4 Å². The average Bonchev–Trinajstić information content (AvgIpc) is 2.61. The number of aromatic hydroxyl groups is 2. The molecule has 7 heteroatoms. The number of rotatable bonds is 9. The zero-order valence-electron chi connectivity index (χ0n) is 14.3. The van der Waals surface area contributed by atoms with Gasteiger partial charge in [0, 0.05) is 30.8 Å². The Morgan fingerprint density at radius 1 is 0.885 bits per heavy atom. The number of nitrogens with zero attached hydrogens (tertiary/aromatic N) is 2. The highest BCUT2D eigenvalue weighted by Crippen LogP contribution is 2.19. The Balaban J connectivity index is 2.02. The van der Waals surface area contributed by atoms with Crippen molar-refractivity contribution in [1.82, 2.24) is 9.80 Å². The SMILES string of the molecule is O=CCN(CCN(Cc1ccccc1O)C(=O)O)Cc1ccccc1O. The van der Waals surface area contributed by atoms with Gasteiger partial charge >= 0.3 is 6.09 Å². The lowest BCUT2D eigenvalue weighted by atomic mass is 10.2. The van der Waals surface area contributed by atoms with Crippen molar-refractivity contribution in [2.45, 2.75) is 13.1 Å². The molecule has 26 heavy (non-hydrogen) atoms. The standard InChI is InChI=1S/C19H22N2O5/c22-12-11-20(13-15-5-1-3-7-17(15)23)9-10-21(19(25)26)14-16-6-2-4-8-18(16)24/h1-8,12,23-24H,9-11,13-14H2,(H,25,26). The lowest BCUT2D eigenvalue weighted by molar-refractivity contribution is -0.109. The quantitative estimate of drug-likeness (QED) is 0.595. The molecule has 0 aliphatic heterocycles. The van der Waals surface area contributed by atoms with Gasteiger partial charge in [-0.15, -0.1) is 0 Å². The summed E-state index contributed by atoms with van der Waals surface area (Å²) in [5.74, 6) is 0.172. The molecular weight excluding hydrogens is 336 g/mol. The van der Waals surface area contributed by atoms with Crippen molar-refractivity contribution in [3.05, 3.63) is 59.7 Å². The molecular formula is C19H22N2O5. The van der Waals surface area contributed by atoms with Crippen LogP contribution < -0.4 is 0 Å². The molecule has 7 nitrogen and oxygen atoms in total. The molecule has 0 saturated carbocycles. The summed E-state index contributed by atoms with van der Waals surface area (Å²) in [5.41, 5.74) is 1.18. The van der Waals surface area contributed by atoms with Crippen LogP contribution in [0.5, 0.6) is 11.5 Å². The molecule has 2 rings (SSSR count). The summed E-state index contributed by atoms with van der Waals surface area (Å²) in [5, 5.41) is 29.1. The van der Waals surface area contributed by atoms with Gasteiger partial charge < -0.3 is 25.0 Å². The fourth-order valence-electron chi connectivity index (χ4n) is 2.58. The minimum Gasteiger partial charge on any atom is -0.508 e. The molecule has 0 atom stereocenters. The van der Waals surface area contributed by atoms with E-state index >= 15 is 0 Å². The number of hydrogen-bond donors (Lipinski definition) is 3. The van der Waals surface area contributed by atoms with Crippen LogP contribution in [0.25, 0.3) is 0 Å². The Morgan fingerprint density at radius 2 is 1.42 bits per heavy atom. The predicted octanol–water partition coefficient (Wildman–Crippen LogP) is 2.28. The van der Waals surface area contributed by atoms with E-state index in [1.807, 2.05) is 0 Å². The Labute approximate surface area is 151 Å². The highest BCUT2D eigenvalue weighted by molar-refractivity contribution is 5.65. The van der Waals surface area contributed by atoms with E-state index in [1.165, 1.54) is 11.0 Å². The van der Waals surface area contributed by atoms with Crippen molar-refractivity contribution in [3.8, 4) is 11.5 Å². The summed E-state index contributed by atoms with van der Waals surface area (Å²) in [6.07, 6.45) is -0.365. The molecule has 3 N–H and O–H groups in total. The van der Waals surface area contributed by atoms with E-state index in [0.29, 0.717) is 24.2 Å². The van der Waals surface area contributed by atoms with Gasteiger partial charge in [0.1, 0.15) is 17.8 Å². The van der Waals surface area contributed by atoms with Gasteiger partial charge in [-0.25, -0.2) is 4.79 Å². The highest BCUT2D eigenvalue weighted by atomic mass is 16.4. The summed E-state index contributed by atoms with van der Waals surface area (Å²) in [6, 6.07) is 13.4. The van der Waals surface area contributed by atoms with Gasteiger partial charge in [-0.3, -0.25) is 4.90 Å². The minimum absolute atomic E-state index is 0.0395. The van der Waals surface area contributed by atoms with Crippen LogP contribution in [0.3, 0.4) is 0 Å². The smallest absolute Gasteiger partial charge is 0.407 e. The first-order chi connectivity index (χ1) is 12.5. The Morgan fingerprint density at radius 3 is 1.92 bits per heavy atom. The van der Waals surface area contributed by atoms with E-state index in [2.05, 4.69) is 0 Å². The molecule has 0 heterocycles. The minimum atomic E-state index is -1.11. The first kappa shape index (κ1) is 19.3. The molecule has 0 aliphatic carbocycles. The number of aldehydes is 1. The van der Waals surface area contributed by atoms with Crippen molar-refractivity contribution in [1.29, 1.82) is 0 Å². The van der Waals surface area contributed by atoms with E-state index in [-0.39, 0.29) is 31.1 Å². The predicted molar refractivity (Wildman–Crippen MR) is 96.0 cm³/mol. The van der Waals surface area contributed by atoms with Gasteiger partial charge in [0.15, 0.2) is 0 Å². The molecule has 0 bridgehead atoms. The molecule has 138 valence electrons. The van der Waals surface area contributed by atoms with Crippen molar-refractivity contribution in [3.63, 3.8) is 0 Å². The third kappa shape index (κ3) is 5.49. The van der Waals surface area contributed by atoms with Crippen molar-refractivity contribution in [2.75, 3.05) is 19.6 Å². The number of carboxylic acid groups (broad SMARTS) is 1. The van der Waals surface area contributed by atoms with Crippen LogP contribution in [0.4, 0.5) is 4.79 Å². The molecule has 1 amide bonds. The molecule has 0 aliphatic rings. The summed E-state index contributed by atoms with van der Waals surface area (Å²) in [6.45, 7) is 0.972. The Hall–Kier alpha value is -3.06. The van der Waals surface area contributed by atoms with Crippen molar-refractivity contribution in [2.24, 2.45) is 0 Å².